The maximum atomic E-state index is 15.0. The van der Waals surface area contributed by atoms with Gasteiger partial charge in [-0.15, -0.1) is 0 Å². The van der Waals surface area contributed by atoms with Crippen molar-refractivity contribution in [2.24, 2.45) is 0 Å². The van der Waals surface area contributed by atoms with Crippen LogP contribution in [0, 0.1) is 11.6 Å². The summed E-state index contributed by atoms with van der Waals surface area (Å²) in [6.07, 6.45) is 0. The predicted octanol–water partition coefficient (Wildman–Crippen LogP) is 4.15. The Morgan fingerprint density at radius 3 is 1.52 bits per heavy atom. The van der Waals surface area contributed by atoms with Gasteiger partial charge in [0, 0.05) is 0 Å². The summed E-state index contributed by atoms with van der Waals surface area (Å²) in [6.45, 7) is 0. The van der Waals surface area contributed by atoms with Gasteiger partial charge in [0.25, 0.3) is 0 Å². The Bertz CT molecular complexity index is 992. The minimum atomic E-state index is -2.80. The quantitative estimate of drug-likeness (QED) is 0.334. The fourth-order valence-corrected chi connectivity index (χ4v) is 12.8. The maximum absolute atomic E-state index is 15.0. The van der Waals surface area contributed by atoms with Gasteiger partial charge in [0.2, 0.25) is 0 Å². The van der Waals surface area contributed by atoms with Crippen molar-refractivity contribution in [1.29, 1.82) is 0 Å². The number of benzene rings is 4. The second kappa shape index (κ2) is 8.10. The van der Waals surface area contributed by atoms with Crippen molar-refractivity contribution >= 4 is 31.6 Å². The minimum absolute atomic E-state index is 0.404. The van der Waals surface area contributed by atoms with Crippen LogP contribution in [0.1, 0.15) is 0 Å². The molecule has 0 saturated carbocycles. The van der Waals surface area contributed by atoms with E-state index >= 15 is 0 Å². The molecule has 0 radical (unpaired) electrons. The van der Waals surface area contributed by atoms with Crippen molar-refractivity contribution in [3.63, 3.8) is 0 Å². The first-order chi connectivity index (χ1) is 13.3. The van der Waals surface area contributed by atoms with Crippen LogP contribution in [0.15, 0.2) is 103 Å². The summed E-state index contributed by atoms with van der Waals surface area (Å²) in [5.41, 5.74) is 1.12. The summed E-state index contributed by atoms with van der Waals surface area (Å²) in [7, 11) is 0. The first-order valence-electron chi connectivity index (χ1n) is 8.69. The first kappa shape index (κ1) is 18.0. The average molecular weight is 552 g/mol. The van der Waals surface area contributed by atoms with Crippen LogP contribution in [0.25, 0.3) is 11.1 Å². The third-order valence-corrected chi connectivity index (χ3v) is 14.1. The zero-order valence-electron chi connectivity index (χ0n) is 14.5. The molecule has 0 N–H and O–H groups in total. The van der Waals surface area contributed by atoms with Gasteiger partial charge in [-0.2, -0.15) is 0 Å². The molecule has 4 rings (SSSR count). The van der Waals surface area contributed by atoms with E-state index in [4.69, 9.17) is 0 Å². The molecule has 3 heteroatoms. The van der Waals surface area contributed by atoms with Crippen LogP contribution < -0.4 is 9.81 Å². The Morgan fingerprint density at radius 1 is 0.519 bits per heavy atom. The molecule has 0 spiro atoms. The van der Waals surface area contributed by atoms with E-state index in [0.717, 1.165) is 8.83 Å². The second-order valence-corrected chi connectivity index (χ2v) is 14.6. The fourth-order valence-electron chi connectivity index (χ4n) is 3.19. The molecule has 0 aliphatic heterocycles. The van der Waals surface area contributed by atoms with Crippen molar-refractivity contribution in [1.82, 2.24) is 0 Å². The monoisotopic (exact) mass is 552 g/mol. The van der Waals surface area contributed by atoms with E-state index in [9.17, 15) is 8.78 Å². The molecule has 0 aromatic heterocycles. The van der Waals surface area contributed by atoms with Gasteiger partial charge >= 0.3 is 166 Å². The third kappa shape index (κ3) is 3.70. The van der Waals surface area contributed by atoms with Gasteiger partial charge in [-0.25, -0.2) is 0 Å². The van der Waals surface area contributed by atoms with E-state index in [1.54, 1.807) is 6.07 Å². The van der Waals surface area contributed by atoms with Gasteiger partial charge in [-0.05, 0) is 0 Å². The van der Waals surface area contributed by atoms with E-state index in [2.05, 4.69) is 24.3 Å². The summed E-state index contributed by atoms with van der Waals surface area (Å²) < 4.78 is 32.6. The number of hydrogen-bond acceptors (Lipinski definition) is 0. The van der Waals surface area contributed by atoms with Gasteiger partial charge in [-0.1, -0.05) is 0 Å². The van der Waals surface area contributed by atoms with Crippen molar-refractivity contribution in [2.75, 3.05) is 0 Å². The van der Waals surface area contributed by atoms with Gasteiger partial charge in [-0.3, -0.25) is 0 Å². The van der Waals surface area contributed by atoms with Crippen LogP contribution in [0.2, 0.25) is 0 Å². The van der Waals surface area contributed by atoms with Gasteiger partial charge in [0.15, 0.2) is 0 Å². The normalized spacial score (nSPS) is 10.9. The Kier molecular flexibility index (Phi) is 5.41. The van der Waals surface area contributed by atoms with Crippen LogP contribution in [0.4, 0.5) is 8.78 Å². The van der Waals surface area contributed by atoms with E-state index in [0.29, 0.717) is 5.56 Å². The van der Waals surface area contributed by atoms with Crippen LogP contribution in [-0.4, -0.2) is 21.8 Å². The Morgan fingerprint density at radius 2 is 1.00 bits per heavy atom. The van der Waals surface area contributed by atoms with E-state index in [-0.39, 0.29) is 0 Å². The third-order valence-electron chi connectivity index (χ3n) is 4.40. The Balaban J connectivity index is 2.00. The Labute approximate surface area is 165 Å². The summed E-state index contributed by atoms with van der Waals surface area (Å²) >= 11 is -2.80. The van der Waals surface area contributed by atoms with Crippen molar-refractivity contribution in [3.05, 3.63) is 115 Å². The number of halogens is 2. The molecular weight excluding hydrogens is 535 g/mol. The van der Waals surface area contributed by atoms with E-state index in [1.807, 2.05) is 66.7 Å². The topological polar surface area (TPSA) is 0 Å². The summed E-state index contributed by atoms with van der Waals surface area (Å²) in [6, 6.07) is 32.8. The molecule has 0 fully saturated rings. The standard InChI is InChI=1S/C12H7F2.2C6H5.Bi/c13-11-8-4-7-10(12(11)14)9-5-2-1-3-6-9;2*1-2-4-6-5-3-1;/h1-6,8H;2*1-5H;. The molecule has 0 saturated heterocycles. The van der Waals surface area contributed by atoms with E-state index in [1.165, 1.54) is 12.6 Å². The average Bonchev–Trinajstić information content (AvgIpc) is 2.73. The first-order valence-corrected chi connectivity index (χ1v) is 13.9. The van der Waals surface area contributed by atoms with E-state index < -0.39 is 33.4 Å². The fraction of sp³-hybridized carbons (Fsp3) is 0. The summed E-state index contributed by atoms with van der Waals surface area (Å²) in [5, 5.41) is 0. The second-order valence-electron chi connectivity index (χ2n) is 6.13. The van der Waals surface area contributed by atoms with Gasteiger partial charge < -0.3 is 0 Å². The van der Waals surface area contributed by atoms with Gasteiger partial charge in [0.05, 0.1) is 0 Å². The molecule has 0 atom stereocenters. The number of rotatable bonds is 4. The van der Waals surface area contributed by atoms with Gasteiger partial charge in [0.1, 0.15) is 0 Å². The van der Waals surface area contributed by atoms with Crippen molar-refractivity contribution in [3.8, 4) is 11.1 Å². The SMILES string of the molecule is Fc1cc[c]([Bi]([c]2ccccc2)[c]2ccccc2)c(-c2ccccc2)c1F. The number of hydrogen-bond donors (Lipinski definition) is 0. The van der Waals surface area contributed by atoms with Crippen LogP contribution in [0.3, 0.4) is 0 Å². The molecule has 0 amide bonds. The molecule has 132 valence electrons. The zero-order valence-corrected chi connectivity index (χ0v) is 18.0. The summed E-state index contributed by atoms with van der Waals surface area (Å²) in [4.78, 5) is 0. The molecule has 4 aromatic carbocycles. The Hall–Kier alpha value is -2.38. The molecule has 0 aliphatic rings. The molecule has 27 heavy (non-hydrogen) atoms. The van der Waals surface area contributed by atoms with Crippen LogP contribution in [0.5, 0.6) is 0 Å². The molecule has 0 aliphatic carbocycles. The predicted molar refractivity (Wildman–Crippen MR) is 109 cm³/mol. The molecule has 4 aromatic rings. The molecular formula is C24H17BiF2. The van der Waals surface area contributed by atoms with Crippen molar-refractivity contribution in [2.45, 2.75) is 0 Å². The zero-order chi connectivity index (χ0) is 18.6. The summed E-state index contributed by atoms with van der Waals surface area (Å²) in [5.74, 6) is -1.56. The van der Waals surface area contributed by atoms with Crippen LogP contribution in [-0.2, 0) is 0 Å². The molecule has 0 nitrogen and oxygen atoms in total. The van der Waals surface area contributed by atoms with Crippen molar-refractivity contribution < 1.29 is 8.78 Å². The van der Waals surface area contributed by atoms with Crippen LogP contribution >= 0.6 is 0 Å². The molecule has 0 bridgehead atoms. The molecule has 0 heterocycles. The molecule has 0 unspecified atom stereocenters.